The predicted molar refractivity (Wildman–Crippen MR) is 92.2 cm³/mol. The lowest BCUT2D eigenvalue weighted by molar-refractivity contribution is 0.0130. The van der Waals surface area contributed by atoms with Crippen molar-refractivity contribution in [1.29, 1.82) is 0 Å². The van der Waals surface area contributed by atoms with Gasteiger partial charge in [0.25, 0.3) is 0 Å². The van der Waals surface area contributed by atoms with E-state index < -0.39 is 0 Å². The zero-order chi connectivity index (χ0) is 16.2. The summed E-state index contributed by atoms with van der Waals surface area (Å²) in [6.45, 7) is 6.15. The zero-order valence-corrected chi connectivity index (χ0v) is 14.3. The maximum Gasteiger partial charge on any atom is 0.159 e. The molecule has 2 atom stereocenters. The van der Waals surface area contributed by atoms with Crippen LogP contribution in [-0.4, -0.2) is 61.0 Å². The van der Waals surface area contributed by atoms with E-state index in [9.17, 15) is 4.79 Å². The second kappa shape index (κ2) is 7.45. The normalized spacial score (nSPS) is 26.9. The summed E-state index contributed by atoms with van der Waals surface area (Å²) >= 11 is 0. The molecule has 1 heterocycles. The number of carbonyl (C=O) groups is 1. The summed E-state index contributed by atoms with van der Waals surface area (Å²) in [6, 6.07) is 8.15. The molecule has 0 bridgehead atoms. The molecule has 1 aliphatic carbocycles. The Balaban J connectivity index is 1.69. The number of ketones is 1. The summed E-state index contributed by atoms with van der Waals surface area (Å²) in [4.78, 5) is 16.6. The lowest BCUT2D eigenvalue weighted by Gasteiger charge is -2.43. The van der Waals surface area contributed by atoms with Crippen molar-refractivity contribution in [3.8, 4) is 5.75 Å². The molecule has 2 aliphatic rings. The summed E-state index contributed by atoms with van der Waals surface area (Å²) < 4.78 is 6.33. The second-order valence-electron chi connectivity index (χ2n) is 6.93. The van der Waals surface area contributed by atoms with Gasteiger partial charge in [0.15, 0.2) is 5.78 Å². The highest BCUT2D eigenvalue weighted by Crippen LogP contribution is 2.28. The molecule has 0 spiro atoms. The zero-order valence-electron chi connectivity index (χ0n) is 14.3. The van der Waals surface area contributed by atoms with E-state index in [4.69, 9.17) is 4.74 Å². The fourth-order valence-corrected chi connectivity index (χ4v) is 3.75. The number of likely N-dealkylation sites (N-methyl/N-ethyl adjacent to an activating group) is 1. The topological polar surface area (TPSA) is 32.8 Å². The summed E-state index contributed by atoms with van der Waals surface area (Å²) in [6.07, 6.45) is 5.11. The van der Waals surface area contributed by atoms with Gasteiger partial charge in [0.2, 0.25) is 0 Å². The standard InChI is InChI=1S/C19H28N2O2/c1-15(22)16-6-5-7-17(14-16)23-19-9-4-3-8-18(19)21-12-10-20(2)11-13-21/h5-7,14,18-19H,3-4,8-13H2,1-2H3. The highest BCUT2D eigenvalue weighted by Gasteiger charge is 2.33. The third kappa shape index (κ3) is 4.12. The lowest BCUT2D eigenvalue weighted by atomic mass is 9.90. The largest absolute Gasteiger partial charge is 0.489 e. The molecular formula is C19H28N2O2. The van der Waals surface area contributed by atoms with Gasteiger partial charge in [-0.1, -0.05) is 18.6 Å². The molecule has 2 unspecified atom stereocenters. The summed E-state index contributed by atoms with van der Waals surface area (Å²) in [5.41, 5.74) is 0.731. The summed E-state index contributed by atoms with van der Waals surface area (Å²) in [7, 11) is 2.19. The van der Waals surface area contributed by atoms with Crippen molar-refractivity contribution in [2.24, 2.45) is 0 Å². The van der Waals surface area contributed by atoms with Gasteiger partial charge >= 0.3 is 0 Å². The molecule has 4 nitrogen and oxygen atoms in total. The van der Waals surface area contributed by atoms with E-state index in [0.717, 1.165) is 43.9 Å². The predicted octanol–water partition coefficient (Wildman–Crippen LogP) is 2.83. The maximum absolute atomic E-state index is 11.6. The molecule has 0 radical (unpaired) electrons. The minimum atomic E-state index is 0.0923. The molecule has 1 saturated carbocycles. The first-order valence-electron chi connectivity index (χ1n) is 8.84. The van der Waals surface area contributed by atoms with Crippen LogP contribution in [0.4, 0.5) is 0 Å². The van der Waals surface area contributed by atoms with E-state index in [2.05, 4.69) is 16.8 Å². The Kier molecular flexibility index (Phi) is 5.34. The van der Waals surface area contributed by atoms with Gasteiger partial charge in [-0.05, 0) is 45.4 Å². The molecule has 23 heavy (non-hydrogen) atoms. The number of piperazine rings is 1. The number of hydrogen-bond acceptors (Lipinski definition) is 4. The Morgan fingerprint density at radius 1 is 1.13 bits per heavy atom. The van der Waals surface area contributed by atoms with E-state index in [0.29, 0.717) is 6.04 Å². The molecule has 4 heteroatoms. The monoisotopic (exact) mass is 316 g/mol. The SMILES string of the molecule is CC(=O)c1cccc(OC2CCCCC2N2CCN(C)CC2)c1. The van der Waals surface area contributed by atoms with E-state index in [1.54, 1.807) is 6.92 Å². The van der Waals surface area contributed by atoms with Crippen LogP contribution in [0, 0.1) is 0 Å². The second-order valence-corrected chi connectivity index (χ2v) is 6.93. The van der Waals surface area contributed by atoms with Gasteiger partial charge in [0.1, 0.15) is 11.9 Å². The van der Waals surface area contributed by atoms with E-state index in [1.165, 1.54) is 19.3 Å². The van der Waals surface area contributed by atoms with Crippen molar-refractivity contribution in [3.05, 3.63) is 29.8 Å². The minimum absolute atomic E-state index is 0.0923. The number of rotatable bonds is 4. The Morgan fingerprint density at radius 2 is 1.87 bits per heavy atom. The van der Waals surface area contributed by atoms with Gasteiger partial charge < -0.3 is 9.64 Å². The molecule has 2 fully saturated rings. The first kappa shape index (κ1) is 16.5. The van der Waals surface area contributed by atoms with Gasteiger partial charge in [-0.15, -0.1) is 0 Å². The Hall–Kier alpha value is -1.39. The molecule has 0 N–H and O–H groups in total. The van der Waals surface area contributed by atoms with E-state index in [-0.39, 0.29) is 11.9 Å². The summed E-state index contributed by atoms with van der Waals surface area (Å²) in [5, 5.41) is 0. The van der Waals surface area contributed by atoms with Crippen molar-refractivity contribution >= 4 is 5.78 Å². The number of nitrogens with zero attached hydrogens (tertiary/aromatic N) is 2. The van der Waals surface area contributed by atoms with Crippen molar-refractivity contribution < 1.29 is 9.53 Å². The smallest absolute Gasteiger partial charge is 0.159 e. The number of Topliss-reactive ketones (excluding diaryl/α,β-unsaturated/α-hetero) is 1. The fourth-order valence-electron chi connectivity index (χ4n) is 3.75. The summed E-state index contributed by atoms with van der Waals surface area (Å²) in [5.74, 6) is 0.929. The number of carbonyl (C=O) groups excluding carboxylic acids is 1. The van der Waals surface area contributed by atoms with Gasteiger partial charge in [0, 0.05) is 37.8 Å². The number of benzene rings is 1. The van der Waals surface area contributed by atoms with Crippen molar-refractivity contribution in [1.82, 2.24) is 9.80 Å². The van der Waals surface area contributed by atoms with Gasteiger partial charge in [-0.3, -0.25) is 9.69 Å². The van der Waals surface area contributed by atoms with Crippen LogP contribution < -0.4 is 4.74 Å². The Morgan fingerprint density at radius 3 is 2.61 bits per heavy atom. The van der Waals surface area contributed by atoms with Crippen LogP contribution in [0.1, 0.15) is 43.0 Å². The van der Waals surface area contributed by atoms with Gasteiger partial charge in [-0.25, -0.2) is 0 Å². The maximum atomic E-state index is 11.6. The van der Waals surface area contributed by atoms with Crippen molar-refractivity contribution in [2.45, 2.75) is 44.8 Å². The van der Waals surface area contributed by atoms with Crippen molar-refractivity contribution in [3.63, 3.8) is 0 Å². The minimum Gasteiger partial charge on any atom is -0.489 e. The Labute approximate surface area is 139 Å². The first-order chi connectivity index (χ1) is 11.1. The molecule has 126 valence electrons. The fraction of sp³-hybridized carbons (Fsp3) is 0.632. The van der Waals surface area contributed by atoms with E-state index in [1.807, 2.05) is 24.3 Å². The third-order valence-electron chi connectivity index (χ3n) is 5.20. The molecule has 0 amide bonds. The average Bonchev–Trinajstić information content (AvgIpc) is 2.56. The average molecular weight is 316 g/mol. The number of hydrogen-bond donors (Lipinski definition) is 0. The van der Waals surface area contributed by atoms with Crippen LogP contribution in [0.2, 0.25) is 0 Å². The molecule has 1 saturated heterocycles. The highest BCUT2D eigenvalue weighted by atomic mass is 16.5. The molecular weight excluding hydrogens is 288 g/mol. The van der Waals surface area contributed by atoms with Crippen LogP contribution >= 0.6 is 0 Å². The van der Waals surface area contributed by atoms with E-state index >= 15 is 0 Å². The highest BCUT2D eigenvalue weighted by molar-refractivity contribution is 5.94. The van der Waals surface area contributed by atoms with Crippen molar-refractivity contribution in [2.75, 3.05) is 33.2 Å². The van der Waals surface area contributed by atoms with Crippen LogP contribution in [0.5, 0.6) is 5.75 Å². The molecule has 3 rings (SSSR count). The Bertz CT molecular complexity index is 538. The number of ether oxygens (including phenoxy) is 1. The van der Waals surface area contributed by atoms with Crippen LogP contribution in [0.15, 0.2) is 24.3 Å². The molecule has 1 aromatic carbocycles. The third-order valence-corrected chi connectivity index (χ3v) is 5.20. The quantitative estimate of drug-likeness (QED) is 0.800. The molecule has 1 aliphatic heterocycles. The van der Waals surface area contributed by atoms with Gasteiger partial charge in [0.05, 0.1) is 0 Å². The lowest BCUT2D eigenvalue weighted by Crippen LogP contribution is -2.54. The van der Waals surface area contributed by atoms with Crippen LogP contribution in [0.3, 0.4) is 0 Å². The first-order valence-corrected chi connectivity index (χ1v) is 8.84. The van der Waals surface area contributed by atoms with Gasteiger partial charge in [-0.2, -0.15) is 0 Å². The van der Waals surface area contributed by atoms with Crippen LogP contribution in [0.25, 0.3) is 0 Å². The molecule has 1 aromatic rings. The van der Waals surface area contributed by atoms with Crippen LogP contribution in [-0.2, 0) is 0 Å². The molecule has 0 aromatic heterocycles.